The van der Waals surface area contributed by atoms with Crippen LogP contribution in [0.5, 0.6) is 0 Å². The quantitative estimate of drug-likeness (QED) is 0.505. The van der Waals surface area contributed by atoms with E-state index in [1.165, 1.54) is 0 Å². The van der Waals surface area contributed by atoms with Gasteiger partial charge in [0.25, 0.3) is 10.1 Å². The first-order valence-electron chi connectivity index (χ1n) is 8.48. The fourth-order valence-electron chi connectivity index (χ4n) is 2.09. The van der Waals surface area contributed by atoms with Crippen LogP contribution in [0, 0.1) is 6.92 Å². The summed E-state index contributed by atoms with van der Waals surface area (Å²) in [4.78, 5) is 0.183. The van der Waals surface area contributed by atoms with E-state index in [2.05, 4.69) is 33.9 Å². The third-order valence-electron chi connectivity index (χ3n) is 4.77. The van der Waals surface area contributed by atoms with Gasteiger partial charge in [0, 0.05) is 0 Å². The summed E-state index contributed by atoms with van der Waals surface area (Å²) in [6.07, 6.45) is -0.0709. The molecule has 0 amide bonds. The first-order valence-corrected chi connectivity index (χ1v) is 12.8. The van der Waals surface area contributed by atoms with Crippen LogP contribution in [0.25, 0.3) is 0 Å². The van der Waals surface area contributed by atoms with Crippen LogP contribution in [0.2, 0.25) is 18.1 Å². The van der Waals surface area contributed by atoms with Crippen LogP contribution in [0.1, 0.15) is 46.6 Å². The summed E-state index contributed by atoms with van der Waals surface area (Å²) in [6, 6.07) is 6.69. The molecule has 0 radical (unpaired) electrons. The lowest BCUT2D eigenvalue weighted by Gasteiger charge is -2.40. The van der Waals surface area contributed by atoms with Crippen LogP contribution in [-0.4, -0.2) is 28.9 Å². The van der Waals surface area contributed by atoms with Gasteiger partial charge in [0.1, 0.15) is 0 Å². The summed E-state index contributed by atoms with van der Waals surface area (Å²) in [6.45, 7) is 16.5. The normalized spacial score (nSPS) is 16.0. The minimum Gasteiger partial charge on any atom is -0.411 e. The molecule has 0 spiro atoms. The van der Waals surface area contributed by atoms with Crippen LogP contribution in [0.15, 0.2) is 29.2 Å². The van der Waals surface area contributed by atoms with Crippen molar-refractivity contribution >= 4 is 18.4 Å². The summed E-state index contributed by atoms with van der Waals surface area (Å²) in [5.41, 5.74) is 1.01. The van der Waals surface area contributed by atoms with Crippen molar-refractivity contribution in [2.24, 2.45) is 0 Å². The molecule has 1 aromatic rings. The number of aryl methyl sites for hydroxylation is 1. The molecule has 0 heterocycles. The highest BCUT2D eigenvalue weighted by Crippen LogP contribution is 2.38. The monoisotopic (exact) mass is 372 g/mol. The molecule has 0 saturated heterocycles. The molecule has 2 atom stereocenters. The Balaban J connectivity index is 2.91. The van der Waals surface area contributed by atoms with Gasteiger partial charge in [-0.2, -0.15) is 8.42 Å². The summed E-state index contributed by atoms with van der Waals surface area (Å²) in [7, 11) is -5.78. The molecular formula is C18H32O4SSi. The maximum absolute atomic E-state index is 12.5. The van der Waals surface area contributed by atoms with Crippen LogP contribution < -0.4 is 0 Å². The predicted octanol–water partition coefficient (Wildman–Crippen LogP) is 4.89. The van der Waals surface area contributed by atoms with Crippen molar-refractivity contribution in [1.82, 2.24) is 0 Å². The third kappa shape index (κ3) is 5.41. The number of hydrogen-bond acceptors (Lipinski definition) is 4. The maximum atomic E-state index is 12.5. The number of rotatable bonds is 7. The molecule has 0 bridgehead atoms. The molecule has 1 rings (SSSR count). The van der Waals surface area contributed by atoms with Gasteiger partial charge in [-0.05, 0) is 50.5 Å². The molecule has 0 fully saturated rings. The Morgan fingerprint density at radius 2 is 1.62 bits per heavy atom. The van der Waals surface area contributed by atoms with Crippen molar-refractivity contribution in [3.63, 3.8) is 0 Å². The van der Waals surface area contributed by atoms with Crippen LogP contribution in [0.3, 0.4) is 0 Å². The van der Waals surface area contributed by atoms with Crippen molar-refractivity contribution < 1.29 is 17.0 Å². The molecule has 2 unspecified atom stereocenters. The summed E-state index contributed by atoms with van der Waals surface area (Å²) in [5, 5.41) is 0.0654. The van der Waals surface area contributed by atoms with E-state index in [1.807, 2.05) is 13.8 Å². The Kier molecular flexibility index (Phi) is 6.83. The lowest BCUT2D eigenvalue weighted by atomic mass is 10.2. The molecule has 0 aliphatic rings. The highest BCUT2D eigenvalue weighted by atomic mass is 32.2. The van der Waals surface area contributed by atoms with Gasteiger partial charge in [0.2, 0.25) is 0 Å². The second-order valence-corrected chi connectivity index (χ2v) is 14.2. The second kappa shape index (κ2) is 7.68. The molecule has 6 heteroatoms. The van der Waals surface area contributed by atoms with Crippen molar-refractivity contribution in [3.05, 3.63) is 29.8 Å². The fraction of sp³-hybridized carbons (Fsp3) is 0.667. The van der Waals surface area contributed by atoms with E-state index in [0.717, 1.165) is 5.56 Å². The lowest BCUT2D eigenvalue weighted by molar-refractivity contribution is 0.0570. The minimum absolute atomic E-state index is 0.0654. The van der Waals surface area contributed by atoms with Gasteiger partial charge in [-0.1, -0.05) is 45.4 Å². The third-order valence-corrected chi connectivity index (χ3v) is 10.7. The Labute approximate surface area is 148 Å². The van der Waals surface area contributed by atoms with Gasteiger partial charge >= 0.3 is 0 Å². The van der Waals surface area contributed by atoms with Crippen LogP contribution in [-0.2, 0) is 18.7 Å². The Hall–Kier alpha value is -0.693. The zero-order valence-electron chi connectivity index (χ0n) is 16.2. The molecule has 0 aliphatic carbocycles. The second-order valence-electron chi connectivity index (χ2n) is 7.89. The number of benzene rings is 1. The van der Waals surface area contributed by atoms with E-state index in [4.69, 9.17) is 8.61 Å². The SMILES string of the molecule is CCC(O[Si](C)(C)C(C)(C)C)C(C)OS(=O)(=O)c1ccc(C)cc1. The Morgan fingerprint density at radius 1 is 1.12 bits per heavy atom. The zero-order valence-corrected chi connectivity index (χ0v) is 18.0. The average molecular weight is 373 g/mol. The van der Waals surface area contributed by atoms with E-state index in [-0.39, 0.29) is 16.0 Å². The van der Waals surface area contributed by atoms with Crippen molar-refractivity contribution in [3.8, 4) is 0 Å². The molecule has 0 aromatic heterocycles. The summed E-state index contributed by atoms with van der Waals surface area (Å²) < 4.78 is 36.7. The lowest BCUT2D eigenvalue weighted by Crippen LogP contribution is -2.47. The first-order chi connectivity index (χ1) is 10.8. The molecule has 0 saturated carbocycles. The molecule has 24 heavy (non-hydrogen) atoms. The van der Waals surface area contributed by atoms with Gasteiger partial charge in [0.05, 0.1) is 17.1 Å². The van der Waals surface area contributed by atoms with Gasteiger partial charge in [-0.25, -0.2) is 0 Å². The van der Waals surface area contributed by atoms with E-state index < -0.39 is 24.5 Å². The van der Waals surface area contributed by atoms with Crippen LogP contribution >= 0.6 is 0 Å². The smallest absolute Gasteiger partial charge is 0.297 e. The number of hydrogen-bond donors (Lipinski definition) is 0. The van der Waals surface area contributed by atoms with Gasteiger partial charge in [-0.15, -0.1) is 0 Å². The maximum Gasteiger partial charge on any atom is 0.297 e. The van der Waals surface area contributed by atoms with Gasteiger partial charge in [-0.3, -0.25) is 4.18 Å². The summed E-state index contributed by atoms with van der Waals surface area (Å²) in [5.74, 6) is 0. The van der Waals surface area contributed by atoms with Gasteiger partial charge in [0.15, 0.2) is 8.32 Å². The molecule has 4 nitrogen and oxygen atoms in total. The summed E-state index contributed by atoms with van der Waals surface area (Å²) >= 11 is 0. The van der Waals surface area contributed by atoms with Crippen molar-refractivity contribution in [1.29, 1.82) is 0 Å². The fourth-order valence-corrected chi connectivity index (χ4v) is 4.66. The minimum atomic E-state index is -3.79. The molecule has 1 aromatic carbocycles. The Bertz CT molecular complexity index is 630. The van der Waals surface area contributed by atoms with E-state index in [9.17, 15) is 8.42 Å². The molecular weight excluding hydrogens is 340 g/mol. The van der Waals surface area contributed by atoms with Crippen LogP contribution in [0.4, 0.5) is 0 Å². The molecule has 138 valence electrons. The van der Waals surface area contributed by atoms with Crippen molar-refractivity contribution in [2.75, 3.05) is 0 Å². The van der Waals surface area contributed by atoms with Crippen molar-refractivity contribution in [2.45, 2.75) is 83.2 Å². The van der Waals surface area contributed by atoms with E-state index in [0.29, 0.717) is 6.42 Å². The van der Waals surface area contributed by atoms with E-state index >= 15 is 0 Å². The largest absolute Gasteiger partial charge is 0.411 e. The first kappa shape index (κ1) is 21.3. The molecule has 0 aliphatic heterocycles. The highest BCUT2D eigenvalue weighted by Gasteiger charge is 2.40. The Morgan fingerprint density at radius 3 is 2.04 bits per heavy atom. The zero-order chi connectivity index (χ0) is 18.8. The molecule has 0 N–H and O–H groups in total. The average Bonchev–Trinajstić information content (AvgIpc) is 2.43. The van der Waals surface area contributed by atoms with Gasteiger partial charge < -0.3 is 4.43 Å². The predicted molar refractivity (Wildman–Crippen MR) is 101 cm³/mol. The standard InChI is InChI=1S/C18H32O4SSi/c1-9-17(22-24(7,8)18(4,5)6)15(3)21-23(19,20)16-12-10-14(2)11-13-16/h10-13,15,17H,9H2,1-8H3. The topological polar surface area (TPSA) is 52.6 Å². The van der Waals surface area contributed by atoms with E-state index in [1.54, 1.807) is 31.2 Å². The highest BCUT2D eigenvalue weighted by molar-refractivity contribution is 7.86.